The van der Waals surface area contributed by atoms with Gasteiger partial charge in [0.15, 0.2) is 0 Å². The zero-order valence-corrected chi connectivity index (χ0v) is 16.7. The Morgan fingerprint density at radius 3 is 2.86 bits per heavy atom. The molecule has 0 saturated heterocycles. The minimum atomic E-state index is -0.0660. The van der Waals surface area contributed by atoms with Gasteiger partial charge in [-0.25, -0.2) is 5.43 Å². The quantitative estimate of drug-likeness (QED) is 0.561. The van der Waals surface area contributed by atoms with Crippen LogP contribution in [0, 0.1) is 0 Å². The maximum atomic E-state index is 11.3. The predicted molar refractivity (Wildman–Crippen MR) is 113 cm³/mol. The van der Waals surface area contributed by atoms with Gasteiger partial charge in [0, 0.05) is 30.5 Å². The Morgan fingerprint density at radius 1 is 1.36 bits per heavy atom. The Bertz CT molecular complexity index is 969. The van der Waals surface area contributed by atoms with E-state index in [1.807, 2.05) is 36.6 Å². The maximum Gasteiger partial charge on any atom is 0.240 e. The number of rotatable bonds is 7. The van der Waals surface area contributed by atoms with Gasteiger partial charge in [-0.2, -0.15) is 15.3 Å². The average molecular weight is 381 g/mol. The number of hydrogen-bond acceptors (Lipinski definition) is 5. The van der Waals surface area contributed by atoms with Crippen molar-refractivity contribution in [2.45, 2.75) is 59.4 Å². The molecule has 1 amide bonds. The van der Waals surface area contributed by atoms with Crippen molar-refractivity contribution < 1.29 is 9.90 Å². The summed E-state index contributed by atoms with van der Waals surface area (Å²) in [5.41, 5.74) is 6.85. The first-order chi connectivity index (χ1) is 13.5. The zero-order valence-electron chi connectivity index (χ0n) is 16.7. The number of aromatic nitrogens is 1. The molecule has 3 rings (SSSR count). The lowest BCUT2D eigenvalue weighted by atomic mass is 10.0. The lowest BCUT2D eigenvalue weighted by Gasteiger charge is -2.12. The van der Waals surface area contributed by atoms with Gasteiger partial charge < -0.3 is 9.67 Å². The van der Waals surface area contributed by atoms with Crippen LogP contribution in [0.25, 0.3) is 10.9 Å². The van der Waals surface area contributed by atoms with Crippen molar-refractivity contribution in [1.82, 2.24) is 9.99 Å². The largest absolute Gasteiger partial charge is 0.494 e. The van der Waals surface area contributed by atoms with Gasteiger partial charge >= 0.3 is 0 Å². The third kappa shape index (κ3) is 4.13. The summed E-state index contributed by atoms with van der Waals surface area (Å²) in [5, 5.41) is 24.2. The first-order valence-electron chi connectivity index (χ1n) is 9.82. The first kappa shape index (κ1) is 19.8. The highest BCUT2D eigenvalue weighted by Gasteiger charge is 2.18. The number of benzene rings is 1. The lowest BCUT2D eigenvalue weighted by molar-refractivity contribution is -0.121. The second-order valence-electron chi connectivity index (χ2n) is 6.99. The van der Waals surface area contributed by atoms with E-state index in [0.29, 0.717) is 24.9 Å². The van der Waals surface area contributed by atoms with Crippen LogP contribution in [-0.2, 0) is 11.3 Å². The van der Waals surface area contributed by atoms with Crippen LogP contribution in [0.3, 0.4) is 0 Å². The Kier molecular flexibility index (Phi) is 6.23. The van der Waals surface area contributed by atoms with Crippen LogP contribution >= 0.6 is 0 Å². The third-order valence-corrected chi connectivity index (χ3v) is 4.94. The molecule has 0 spiro atoms. The van der Waals surface area contributed by atoms with E-state index in [1.165, 1.54) is 0 Å². The molecular formula is C21H27N5O2. The monoisotopic (exact) mass is 381 g/mol. The number of nitrogens with one attached hydrogen (secondary N) is 1. The second kappa shape index (κ2) is 8.82. The summed E-state index contributed by atoms with van der Waals surface area (Å²) in [6, 6.07) is 5.94. The molecule has 0 bridgehead atoms. The highest BCUT2D eigenvalue weighted by Crippen LogP contribution is 2.31. The summed E-state index contributed by atoms with van der Waals surface area (Å²) in [7, 11) is 0. The molecule has 148 valence electrons. The molecule has 7 nitrogen and oxygen atoms in total. The van der Waals surface area contributed by atoms with Crippen molar-refractivity contribution in [1.29, 1.82) is 0 Å². The highest BCUT2D eigenvalue weighted by molar-refractivity contribution is 6.09. The van der Waals surface area contributed by atoms with Crippen molar-refractivity contribution in [3.63, 3.8) is 0 Å². The maximum absolute atomic E-state index is 11.3. The fourth-order valence-corrected chi connectivity index (χ4v) is 3.34. The molecule has 0 fully saturated rings. The molecule has 1 aromatic heterocycles. The number of hydrogen-bond donors (Lipinski definition) is 2. The van der Waals surface area contributed by atoms with Crippen molar-refractivity contribution in [3.8, 4) is 5.88 Å². The van der Waals surface area contributed by atoms with Crippen LogP contribution < -0.4 is 5.43 Å². The van der Waals surface area contributed by atoms with E-state index >= 15 is 0 Å². The van der Waals surface area contributed by atoms with Crippen LogP contribution in [0.4, 0.5) is 0 Å². The molecule has 0 aliphatic carbocycles. The number of carbonyl (C=O) groups is 1. The molecule has 0 radical (unpaired) electrons. The van der Waals surface area contributed by atoms with Crippen molar-refractivity contribution in [2.24, 2.45) is 15.3 Å². The number of aromatic hydroxyl groups is 1. The molecule has 2 aromatic rings. The topological polar surface area (TPSA) is 91.3 Å². The highest BCUT2D eigenvalue weighted by atomic mass is 16.3. The summed E-state index contributed by atoms with van der Waals surface area (Å²) in [6.45, 7) is 6.75. The van der Waals surface area contributed by atoms with Gasteiger partial charge in [0.2, 0.25) is 11.8 Å². The van der Waals surface area contributed by atoms with E-state index < -0.39 is 0 Å². The number of unbranched alkanes of at least 4 members (excludes halogenated alkanes) is 1. The minimum Gasteiger partial charge on any atom is -0.494 e. The van der Waals surface area contributed by atoms with Gasteiger partial charge in [-0.1, -0.05) is 19.4 Å². The molecule has 2 heterocycles. The fraction of sp³-hybridized carbons (Fsp3) is 0.429. The Morgan fingerprint density at radius 2 is 2.18 bits per heavy atom. The lowest BCUT2D eigenvalue weighted by Crippen LogP contribution is -2.25. The number of fused-ring (bicyclic) bond motifs is 1. The number of aryl methyl sites for hydroxylation is 1. The molecule has 7 heteroatoms. The fourth-order valence-electron chi connectivity index (χ4n) is 3.34. The molecule has 1 aliphatic heterocycles. The van der Waals surface area contributed by atoms with Crippen LogP contribution in [-0.4, -0.2) is 33.2 Å². The summed E-state index contributed by atoms with van der Waals surface area (Å²) in [4.78, 5) is 11.3. The molecule has 1 aromatic carbocycles. The summed E-state index contributed by atoms with van der Waals surface area (Å²) in [5.74, 6) is 0.113. The van der Waals surface area contributed by atoms with Crippen LogP contribution in [0.5, 0.6) is 5.88 Å². The number of hydrazone groups is 1. The van der Waals surface area contributed by atoms with Gasteiger partial charge in [0.1, 0.15) is 0 Å². The standard InChI is InChI=1S/C21H27N5O2/c1-4-6-7-14(3)23-22-13-17-16-12-15(18-9-11-20(27)25-24-18)8-10-19(16)26(5-2)21(17)28/h8,10,12-13,28H,4-7,9,11H2,1-3H3,(H,25,27)/b22-13+,23-14+. The van der Waals surface area contributed by atoms with Gasteiger partial charge in [-0.15, -0.1) is 0 Å². The molecule has 0 unspecified atom stereocenters. The molecular weight excluding hydrogens is 354 g/mol. The molecule has 2 N–H and O–H groups in total. The Labute approximate surface area is 164 Å². The van der Waals surface area contributed by atoms with E-state index in [9.17, 15) is 9.90 Å². The Balaban J connectivity index is 1.99. The second-order valence-corrected chi connectivity index (χ2v) is 6.99. The van der Waals surface area contributed by atoms with Crippen LogP contribution in [0.1, 0.15) is 64.0 Å². The average Bonchev–Trinajstić information content (AvgIpc) is 2.97. The van der Waals surface area contributed by atoms with E-state index in [1.54, 1.807) is 6.21 Å². The predicted octanol–water partition coefficient (Wildman–Crippen LogP) is 3.97. The summed E-state index contributed by atoms with van der Waals surface area (Å²) in [6.07, 6.45) is 5.78. The number of nitrogens with zero attached hydrogens (tertiary/aromatic N) is 4. The van der Waals surface area contributed by atoms with Crippen LogP contribution in [0.15, 0.2) is 33.5 Å². The normalized spacial score (nSPS) is 15.3. The van der Waals surface area contributed by atoms with Gasteiger partial charge in [0.25, 0.3) is 0 Å². The van der Waals surface area contributed by atoms with Crippen molar-refractivity contribution >= 4 is 34.4 Å². The first-order valence-corrected chi connectivity index (χ1v) is 9.82. The van der Waals surface area contributed by atoms with E-state index in [4.69, 9.17) is 0 Å². The Hall–Kier alpha value is -2.96. The molecule has 1 aliphatic rings. The third-order valence-electron chi connectivity index (χ3n) is 4.94. The van der Waals surface area contributed by atoms with Gasteiger partial charge in [-0.3, -0.25) is 4.79 Å². The molecule has 0 saturated carbocycles. The number of carbonyl (C=O) groups excluding carboxylic acids is 1. The SMILES string of the molecule is CCCC/C(C)=N/N=C/c1c(O)n(CC)c2ccc(C3=NNC(=O)CC3)cc12. The number of amides is 1. The zero-order chi connectivity index (χ0) is 20.1. The van der Waals surface area contributed by atoms with Gasteiger partial charge in [-0.05, 0) is 44.4 Å². The molecule has 0 atom stereocenters. The van der Waals surface area contributed by atoms with Crippen molar-refractivity contribution in [3.05, 3.63) is 29.3 Å². The van der Waals surface area contributed by atoms with E-state index in [2.05, 4.69) is 27.7 Å². The minimum absolute atomic E-state index is 0.0660. The summed E-state index contributed by atoms with van der Waals surface area (Å²) < 4.78 is 1.85. The van der Waals surface area contributed by atoms with Gasteiger partial charge in [0.05, 0.1) is 23.0 Å². The summed E-state index contributed by atoms with van der Waals surface area (Å²) >= 11 is 0. The van der Waals surface area contributed by atoms with E-state index in [0.717, 1.165) is 47.2 Å². The van der Waals surface area contributed by atoms with E-state index in [-0.39, 0.29) is 11.8 Å². The smallest absolute Gasteiger partial charge is 0.240 e. The van der Waals surface area contributed by atoms with Crippen LogP contribution in [0.2, 0.25) is 0 Å². The van der Waals surface area contributed by atoms with Crippen molar-refractivity contribution in [2.75, 3.05) is 0 Å². The molecule has 28 heavy (non-hydrogen) atoms.